The van der Waals surface area contributed by atoms with Crippen LogP contribution < -0.4 is 4.90 Å². The Morgan fingerprint density at radius 1 is 1.15 bits per heavy atom. The minimum atomic E-state index is -0.770. The normalized spacial score (nSPS) is 15.3. The minimum absolute atomic E-state index is 0.103. The fourth-order valence-corrected chi connectivity index (χ4v) is 3.05. The summed E-state index contributed by atoms with van der Waals surface area (Å²) in [6.07, 6.45) is -0.770. The van der Waals surface area contributed by atoms with Gasteiger partial charge in [0.1, 0.15) is 11.3 Å². The average molecular weight is 415 g/mol. The summed E-state index contributed by atoms with van der Waals surface area (Å²) in [6.45, 7) is 5.68. The molecule has 0 spiro atoms. The van der Waals surface area contributed by atoms with Crippen molar-refractivity contribution in [2.45, 2.75) is 32.9 Å². The van der Waals surface area contributed by atoms with Gasteiger partial charge < -0.3 is 9.64 Å². The molecule has 0 fully saturated rings. The summed E-state index contributed by atoms with van der Waals surface area (Å²) >= 11 is 3.41. The van der Waals surface area contributed by atoms with Gasteiger partial charge in [0.2, 0.25) is 0 Å². The number of amides is 2. The van der Waals surface area contributed by atoms with E-state index >= 15 is 0 Å². The Hall–Kier alpha value is -2.47. The summed E-state index contributed by atoms with van der Waals surface area (Å²) in [5.41, 5.74) is 1.77. The molecule has 26 heavy (non-hydrogen) atoms. The first-order valence-corrected chi connectivity index (χ1v) is 9.01. The Kier molecular flexibility index (Phi) is 4.96. The van der Waals surface area contributed by atoms with Crippen LogP contribution in [0.2, 0.25) is 0 Å². The second kappa shape index (κ2) is 7.03. The van der Waals surface area contributed by atoms with E-state index in [4.69, 9.17) is 4.74 Å². The number of benzene rings is 2. The van der Waals surface area contributed by atoms with Crippen LogP contribution in [-0.4, -0.2) is 23.3 Å². The van der Waals surface area contributed by atoms with E-state index in [-0.39, 0.29) is 11.6 Å². The number of fused-ring (bicyclic) bond motifs is 1. The highest BCUT2D eigenvalue weighted by Crippen LogP contribution is 2.33. The van der Waals surface area contributed by atoms with Crippen molar-refractivity contribution in [2.75, 3.05) is 4.90 Å². The highest BCUT2D eigenvalue weighted by molar-refractivity contribution is 9.10. The Bertz CT molecular complexity index is 886. The molecule has 2 amide bonds. The maximum absolute atomic E-state index is 13.0. The second-order valence-electron chi connectivity index (χ2n) is 6.98. The molecule has 0 bridgehead atoms. The molecule has 1 aliphatic rings. The van der Waals surface area contributed by atoms with Crippen LogP contribution in [0.5, 0.6) is 0 Å². The number of aliphatic imine (C=N–C) groups is 1. The number of halogens is 1. The summed E-state index contributed by atoms with van der Waals surface area (Å²) < 4.78 is 6.05. The lowest BCUT2D eigenvalue weighted by Crippen LogP contribution is -2.30. The van der Waals surface area contributed by atoms with Crippen molar-refractivity contribution >= 4 is 39.3 Å². The summed E-state index contributed by atoms with van der Waals surface area (Å²) in [5, 5.41) is 0. The molecule has 0 N–H and O–H groups in total. The Morgan fingerprint density at radius 2 is 1.85 bits per heavy atom. The molecular weight excluding hydrogens is 396 g/mol. The van der Waals surface area contributed by atoms with Gasteiger partial charge in [0.15, 0.2) is 0 Å². The van der Waals surface area contributed by atoms with Gasteiger partial charge >= 0.3 is 6.09 Å². The minimum Gasteiger partial charge on any atom is -0.442 e. The van der Waals surface area contributed by atoms with Crippen LogP contribution in [0.3, 0.4) is 0 Å². The zero-order chi connectivity index (χ0) is 18.9. The van der Waals surface area contributed by atoms with Crippen LogP contribution in [0.25, 0.3) is 0 Å². The maximum Gasteiger partial charge on any atom is 0.434 e. The molecular formula is C20H19BrN2O3. The zero-order valence-corrected chi connectivity index (χ0v) is 16.4. The monoisotopic (exact) mass is 414 g/mol. The average Bonchev–Trinajstić information content (AvgIpc) is 2.79. The molecule has 5 nitrogen and oxygen atoms in total. The van der Waals surface area contributed by atoms with Gasteiger partial charge in [-0.2, -0.15) is 4.99 Å². The number of carbonyl (C=O) groups excluding carboxylic acids is 2. The molecule has 0 radical (unpaired) electrons. The number of carbonyl (C=O) groups is 2. The van der Waals surface area contributed by atoms with Gasteiger partial charge in [-0.3, -0.25) is 4.79 Å². The van der Waals surface area contributed by atoms with Crippen molar-refractivity contribution in [1.29, 1.82) is 0 Å². The van der Waals surface area contributed by atoms with Crippen molar-refractivity contribution in [3.63, 3.8) is 0 Å². The summed E-state index contributed by atoms with van der Waals surface area (Å²) in [4.78, 5) is 30.7. The lowest BCUT2D eigenvalue weighted by Gasteiger charge is -2.17. The van der Waals surface area contributed by atoms with Crippen LogP contribution in [0.15, 0.2) is 58.0 Å². The van der Waals surface area contributed by atoms with E-state index < -0.39 is 11.7 Å². The molecule has 1 aliphatic heterocycles. The van der Waals surface area contributed by atoms with Crippen LogP contribution in [0.1, 0.15) is 31.9 Å². The third-order valence-corrected chi connectivity index (χ3v) is 4.23. The van der Waals surface area contributed by atoms with E-state index in [2.05, 4.69) is 20.9 Å². The summed E-state index contributed by atoms with van der Waals surface area (Å²) in [5.74, 6) is -0.312. The molecule has 0 aromatic heterocycles. The van der Waals surface area contributed by atoms with Gasteiger partial charge in [-0.15, -0.1) is 0 Å². The number of ether oxygens (including phenoxy) is 1. The van der Waals surface area contributed by atoms with Crippen LogP contribution >= 0.6 is 15.9 Å². The third kappa shape index (κ3) is 4.02. The predicted molar refractivity (Wildman–Crippen MR) is 105 cm³/mol. The SMILES string of the molecule is CC(C)(C)OC(=O)/N=C1\C(=O)N(Cc2ccccc2)c2ccc(Br)cc21. The van der Waals surface area contributed by atoms with Gasteiger partial charge in [0, 0.05) is 10.0 Å². The molecule has 2 aromatic carbocycles. The van der Waals surface area contributed by atoms with E-state index in [1.54, 1.807) is 31.7 Å². The van der Waals surface area contributed by atoms with Gasteiger partial charge in [0.05, 0.1) is 12.2 Å². The molecule has 6 heteroatoms. The third-order valence-electron chi connectivity index (χ3n) is 3.73. The quantitative estimate of drug-likeness (QED) is 0.713. The predicted octanol–water partition coefficient (Wildman–Crippen LogP) is 4.72. The van der Waals surface area contributed by atoms with E-state index in [0.717, 1.165) is 15.7 Å². The van der Waals surface area contributed by atoms with E-state index in [0.29, 0.717) is 12.1 Å². The topological polar surface area (TPSA) is 59.0 Å². The molecule has 1 heterocycles. The summed E-state index contributed by atoms with van der Waals surface area (Å²) in [7, 11) is 0. The van der Waals surface area contributed by atoms with Gasteiger partial charge in [-0.05, 0) is 44.5 Å². The lowest BCUT2D eigenvalue weighted by molar-refractivity contribution is -0.112. The highest BCUT2D eigenvalue weighted by atomic mass is 79.9. The van der Waals surface area contributed by atoms with Crippen molar-refractivity contribution in [3.05, 3.63) is 64.1 Å². The fourth-order valence-electron chi connectivity index (χ4n) is 2.69. The molecule has 0 saturated heterocycles. The number of anilines is 1. The van der Waals surface area contributed by atoms with E-state index in [1.165, 1.54) is 0 Å². The smallest absolute Gasteiger partial charge is 0.434 e. The Labute approximate surface area is 160 Å². The number of nitrogens with zero attached hydrogens (tertiary/aromatic N) is 2. The van der Waals surface area contributed by atoms with Crippen molar-refractivity contribution in [2.24, 2.45) is 4.99 Å². The van der Waals surface area contributed by atoms with Gasteiger partial charge in [-0.1, -0.05) is 46.3 Å². The number of rotatable bonds is 2. The lowest BCUT2D eigenvalue weighted by atomic mass is 10.1. The van der Waals surface area contributed by atoms with E-state index in [9.17, 15) is 9.59 Å². The number of hydrogen-bond acceptors (Lipinski definition) is 3. The van der Waals surface area contributed by atoms with Crippen molar-refractivity contribution in [1.82, 2.24) is 0 Å². The first-order valence-electron chi connectivity index (χ1n) is 8.22. The molecule has 0 atom stereocenters. The largest absolute Gasteiger partial charge is 0.442 e. The zero-order valence-electron chi connectivity index (χ0n) is 14.8. The van der Waals surface area contributed by atoms with Crippen molar-refractivity contribution in [3.8, 4) is 0 Å². The molecule has 134 valence electrons. The highest BCUT2D eigenvalue weighted by Gasteiger charge is 2.35. The first-order chi connectivity index (χ1) is 12.2. The Balaban J connectivity index is 1.98. The fraction of sp³-hybridized carbons (Fsp3) is 0.250. The number of hydrogen-bond donors (Lipinski definition) is 0. The van der Waals surface area contributed by atoms with Gasteiger partial charge in [0.25, 0.3) is 5.91 Å². The first kappa shape index (κ1) is 18.3. The van der Waals surface area contributed by atoms with E-state index in [1.807, 2.05) is 42.5 Å². The van der Waals surface area contributed by atoms with Crippen LogP contribution in [-0.2, 0) is 16.1 Å². The standard InChI is InChI=1S/C20H19BrN2O3/c1-20(2,3)26-19(25)22-17-15-11-14(21)9-10-16(15)23(18(17)24)12-13-7-5-4-6-8-13/h4-11H,12H2,1-3H3/b22-17-. The molecule has 0 saturated carbocycles. The summed E-state index contributed by atoms with van der Waals surface area (Å²) in [6, 6.07) is 15.2. The van der Waals surface area contributed by atoms with Crippen LogP contribution in [0, 0.1) is 0 Å². The van der Waals surface area contributed by atoms with Crippen molar-refractivity contribution < 1.29 is 14.3 Å². The molecule has 0 aliphatic carbocycles. The van der Waals surface area contributed by atoms with Crippen LogP contribution in [0.4, 0.5) is 10.5 Å². The molecule has 0 unspecified atom stereocenters. The van der Waals surface area contributed by atoms with Gasteiger partial charge in [-0.25, -0.2) is 4.79 Å². The molecule has 2 aromatic rings. The Morgan fingerprint density at radius 3 is 2.50 bits per heavy atom. The molecule has 3 rings (SSSR count). The second-order valence-corrected chi connectivity index (χ2v) is 7.89. The maximum atomic E-state index is 13.0.